The van der Waals surface area contributed by atoms with Gasteiger partial charge >= 0.3 is 0 Å². The van der Waals surface area contributed by atoms with E-state index < -0.39 is 9.84 Å². The minimum Gasteiger partial charge on any atom is -0.309 e. The molecule has 1 N–H and O–H groups in total. The molecule has 0 saturated heterocycles. The zero-order valence-corrected chi connectivity index (χ0v) is 13.4. The molecule has 0 radical (unpaired) electrons. The lowest BCUT2D eigenvalue weighted by Crippen LogP contribution is -2.36. The molecule has 0 fully saturated rings. The van der Waals surface area contributed by atoms with E-state index in [-0.39, 0.29) is 22.5 Å². The van der Waals surface area contributed by atoms with Crippen LogP contribution in [0.2, 0.25) is 0 Å². The monoisotopic (exact) mass is 314 g/mol. The highest BCUT2D eigenvalue weighted by Gasteiger charge is 2.30. The first-order valence-corrected chi connectivity index (χ1v) is 9.11. The molecule has 2 rings (SSSR count). The molecule has 6 heteroatoms. The Labute approximate surface area is 126 Å². The van der Waals surface area contributed by atoms with E-state index in [1.807, 2.05) is 0 Å². The van der Waals surface area contributed by atoms with Crippen molar-refractivity contribution in [1.29, 1.82) is 0 Å². The Morgan fingerprint density at radius 1 is 1.33 bits per heavy atom. The zero-order valence-electron chi connectivity index (χ0n) is 12.6. The van der Waals surface area contributed by atoms with Crippen molar-refractivity contribution in [3.8, 4) is 0 Å². The first-order valence-electron chi connectivity index (χ1n) is 7.46. The minimum atomic E-state index is -3.26. The number of hydrogen-bond donors (Lipinski definition) is 1. The molecule has 1 aliphatic heterocycles. The van der Waals surface area contributed by atoms with Crippen LogP contribution in [-0.4, -0.2) is 45.2 Å². The minimum absolute atomic E-state index is 0.0882. The van der Waals surface area contributed by atoms with Crippen LogP contribution in [0.15, 0.2) is 23.1 Å². The Bertz CT molecular complexity index is 585. The van der Waals surface area contributed by atoms with Gasteiger partial charge in [-0.2, -0.15) is 0 Å². The van der Waals surface area contributed by atoms with Gasteiger partial charge in [0, 0.05) is 19.1 Å². The van der Waals surface area contributed by atoms with Gasteiger partial charge in [0.2, 0.25) is 0 Å². The van der Waals surface area contributed by atoms with Crippen LogP contribution >= 0.6 is 0 Å². The number of nitrogens with one attached hydrogen (secondary N) is 1. The molecule has 1 aromatic rings. The van der Waals surface area contributed by atoms with E-state index >= 15 is 0 Å². The molecule has 0 amide bonds. The Balaban J connectivity index is 2.11. The molecule has 4 nitrogen and oxygen atoms in total. The van der Waals surface area contributed by atoms with Crippen molar-refractivity contribution >= 4 is 9.84 Å². The van der Waals surface area contributed by atoms with E-state index in [1.54, 1.807) is 0 Å². The lowest BCUT2D eigenvalue weighted by atomic mass is 10.0. The van der Waals surface area contributed by atoms with Crippen LogP contribution < -0.4 is 5.32 Å². The maximum absolute atomic E-state index is 13.4. The second-order valence-electron chi connectivity index (χ2n) is 5.32. The first kappa shape index (κ1) is 16.4. The summed E-state index contributed by atoms with van der Waals surface area (Å²) in [6.45, 7) is 7.87. The van der Waals surface area contributed by atoms with Crippen LogP contribution in [-0.2, 0) is 9.84 Å². The van der Waals surface area contributed by atoms with Crippen molar-refractivity contribution in [2.24, 2.45) is 0 Å². The lowest BCUT2D eigenvalue weighted by Gasteiger charge is -2.27. The molecule has 1 aromatic carbocycles. The fourth-order valence-corrected chi connectivity index (χ4v) is 4.36. The number of fused-ring (bicyclic) bond motifs is 1. The van der Waals surface area contributed by atoms with Crippen molar-refractivity contribution in [2.75, 3.05) is 31.9 Å². The van der Waals surface area contributed by atoms with E-state index in [0.717, 1.165) is 26.2 Å². The molecular weight excluding hydrogens is 291 g/mol. The number of hydrogen-bond acceptors (Lipinski definition) is 4. The summed E-state index contributed by atoms with van der Waals surface area (Å²) in [6, 6.07) is 3.86. The largest absolute Gasteiger partial charge is 0.309 e. The van der Waals surface area contributed by atoms with Crippen LogP contribution in [0.5, 0.6) is 0 Å². The Kier molecular flexibility index (Phi) is 5.35. The number of rotatable bonds is 6. The first-order chi connectivity index (χ1) is 9.97. The summed E-state index contributed by atoms with van der Waals surface area (Å²) < 4.78 is 37.5. The number of halogens is 1. The number of sulfone groups is 1. The van der Waals surface area contributed by atoms with E-state index in [4.69, 9.17) is 0 Å². The summed E-state index contributed by atoms with van der Waals surface area (Å²) >= 11 is 0. The molecular formula is C15H23FN2O2S. The van der Waals surface area contributed by atoms with Crippen molar-refractivity contribution in [2.45, 2.75) is 31.2 Å². The molecule has 0 aliphatic carbocycles. The SMILES string of the molecule is CCN(CC)CCNC1CCS(=O)(=O)c2ccc(F)cc21. The van der Waals surface area contributed by atoms with Crippen LogP contribution in [0.25, 0.3) is 0 Å². The number of likely N-dealkylation sites (N-methyl/N-ethyl adjacent to an activating group) is 1. The number of nitrogens with zero attached hydrogens (tertiary/aromatic N) is 1. The molecule has 1 heterocycles. The topological polar surface area (TPSA) is 49.4 Å². The van der Waals surface area contributed by atoms with Gasteiger partial charge in [-0.1, -0.05) is 13.8 Å². The second-order valence-corrected chi connectivity index (χ2v) is 7.40. The predicted octanol–water partition coefficient (Wildman–Crippen LogP) is 1.98. The zero-order chi connectivity index (χ0) is 15.5. The van der Waals surface area contributed by atoms with Crippen molar-refractivity contribution in [3.63, 3.8) is 0 Å². The molecule has 118 valence electrons. The standard InChI is InChI=1S/C15H23FN2O2S/c1-3-18(4-2)9-8-17-14-7-10-21(19,20)15-6-5-12(16)11-13(14)15/h5-6,11,14,17H,3-4,7-10H2,1-2H3. The summed E-state index contributed by atoms with van der Waals surface area (Å²) in [5.74, 6) is -0.268. The third kappa shape index (κ3) is 3.81. The van der Waals surface area contributed by atoms with E-state index in [9.17, 15) is 12.8 Å². The molecule has 21 heavy (non-hydrogen) atoms. The molecule has 0 saturated carbocycles. The highest BCUT2D eigenvalue weighted by Crippen LogP contribution is 2.32. The predicted molar refractivity (Wildman–Crippen MR) is 81.6 cm³/mol. The quantitative estimate of drug-likeness (QED) is 0.816. The van der Waals surface area contributed by atoms with Gasteiger partial charge in [-0.15, -0.1) is 0 Å². The van der Waals surface area contributed by atoms with Gasteiger partial charge in [0.1, 0.15) is 5.82 Å². The fraction of sp³-hybridized carbons (Fsp3) is 0.600. The van der Waals surface area contributed by atoms with Gasteiger partial charge < -0.3 is 10.2 Å². The van der Waals surface area contributed by atoms with Crippen LogP contribution in [0.3, 0.4) is 0 Å². The Hall–Kier alpha value is -0.980. The van der Waals surface area contributed by atoms with Gasteiger partial charge in [-0.05, 0) is 43.3 Å². The fourth-order valence-electron chi connectivity index (χ4n) is 2.76. The average molecular weight is 314 g/mol. The maximum Gasteiger partial charge on any atom is 0.178 e. The van der Waals surface area contributed by atoms with Gasteiger partial charge in [0.15, 0.2) is 9.84 Å². The molecule has 0 aromatic heterocycles. The normalized spacial score (nSPS) is 20.5. The van der Waals surface area contributed by atoms with Crippen LogP contribution in [0.4, 0.5) is 4.39 Å². The molecule has 0 spiro atoms. The summed E-state index contributed by atoms with van der Waals surface area (Å²) in [5.41, 5.74) is 0.570. The van der Waals surface area contributed by atoms with E-state index in [2.05, 4.69) is 24.1 Å². The maximum atomic E-state index is 13.4. The van der Waals surface area contributed by atoms with E-state index in [1.165, 1.54) is 18.2 Å². The van der Waals surface area contributed by atoms with Crippen molar-refractivity contribution in [3.05, 3.63) is 29.6 Å². The van der Waals surface area contributed by atoms with Gasteiger partial charge in [0.05, 0.1) is 10.6 Å². The summed E-state index contributed by atoms with van der Waals surface area (Å²) in [7, 11) is -3.26. The van der Waals surface area contributed by atoms with Crippen LogP contribution in [0, 0.1) is 5.82 Å². The summed E-state index contributed by atoms with van der Waals surface area (Å²) in [6.07, 6.45) is 0.497. The van der Waals surface area contributed by atoms with Crippen molar-refractivity contribution < 1.29 is 12.8 Å². The molecule has 1 unspecified atom stereocenters. The highest BCUT2D eigenvalue weighted by molar-refractivity contribution is 7.91. The summed E-state index contributed by atoms with van der Waals surface area (Å²) in [5, 5.41) is 3.37. The molecule has 1 atom stereocenters. The number of benzene rings is 1. The Morgan fingerprint density at radius 3 is 2.71 bits per heavy atom. The third-order valence-corrected chi connectivity index (χ3v) is 5.89. The smallest absolute Gasteiger partial charge is 0.178 e. The van der Waals surface area contributed by atoms with Gasteiger partial charge in [0.25, 0.3) is 0 Å². The van der Waals surface area contributed by atoms with Crippen molar-refractivity contribution in [1.82, 2.24) is 10.2 Å². The molecule has 1 aliphatic rings. The van der Waals surface area contributed by atoms with Gasteiger partial charge in [-0.25, -0.2) is 12.8 Å². The Morgan fingerprint density at radius 2 is 2.05 bits per heavy atom. The van der Waals surface area contributed by atoms with E-state index in [0.29, 0.717) is 12.0 Å². The highest BCUT2D eigenvalue weighted by atomic mass is 32.2. The lowest BCUT2D eigenvalue weighted by molar-refractivity contribution is 0.295. The average Bonchev–Trinajstić information content (AvgIpc) is 2.45. The third-order valence-electron chi connectivity index (χ3n) is 4.07. The second kappa shape index (κ2) is 6.85. The van der Waals surface area contributed by atoms with Gasteiger partial charge in [-0.3, -0.25) is 0 Å². The summed E-state index contributed by atoms with van der Waals surface area (Å²) in [4.78, 5) is 2.56. The van der Waals surface area contributed by atoms with Crippen LogP contribution in [0.1, 0.15) is 31.9 Å². The molecule has 0 bridgehead atoms.